The lowest BCUT2D eigenvalue weighted by atomic mass is 10.2. The molecule has 1 unspecified atom stereocenters. The molecular formula is C14H15NO2S. The molecule has 0 aliphatic rings. The summed E-state index contributed by atoms with van der Waals surface area (Å²) in [5.41, 5.74) is 1.11. The van der Waals surface area contributed by atoms with Crippen molar-refractivity contribution in [2.24, 2.45) is 0 Å². The first-order chi connectivity index (χ1) is 8.72. The summed E-state index contributed by atoms with van der Waals surface area (Å²) in [5, 5.41) is 17.5. The Bertz CT molecular complexity index is 522. The number of aliphatic hydroxyl groups is 1. The zero-order valence-corrected chi connectivity index (χ0v) is 10.9. The van der Waals surface area contributed by atoms with Gasteiger partial charge in [-0.3, -0.25) is 5.41 Å². The van der Waals surface area contributed by atoms with Crippen molar-refractivity contribution in [3.63, 3.8) is 0 Å². The molecule has 1 aromatic heterocycles. The molecule has 0 spiro atoms. The van der Waals surface area contributed by atoms with Crippen molar-refractivity contribution in [1.82, 2.24) is 0 Å². The van der Waals surface area contributed by atoms with Gasteiger partial charge >= 0.3 is 0 Å². The lowest BCUT2D eigenvalue weighted by Crippen LogP contribution is -2.13. The lowest BCUT2D eigenvalue weighted by Gasteiger charge is -2.09. The van der Waals surface area contributed by atoms with E-state index >= 15 is 0 Å². The third kappa shape index (κ3) is 2.78. The molecule has 0 amide bonds. The third-order valence-electron chi connectivity index (χ3n) is 2.50. The summed E-state index contributed by atoms with van der Waals surface area (Å²) in [6, 6.07) is 13.8. The number of thiophene rings is 1. The maximum atomic E-state index is 9.94. The largest absolute Gasteiger partial charge is 0.479 e. The highest BCUT2D eigenvalue weighted by Gasteiger charge is 2.17. The molecule has 0 bridgehead atoms. The molecule has 0 aliphatic carbocycles. The van der Waals surface area contributed by atoms with Crippen LogP contribution in [-0.4, -0.2) is 17.6 Å². The second-order valence-corrected chi connectivity index (χ2v) is 4.88. The van der Waals surface area contributed by atoms with Gasteiger partial charge in [0, 0.05) is 9.75 Å². The van der Waals surface area contributed by atoms with E-state index in [2.05, 4.69) is 0 Å². The summed E-state index contributed by atoms with van der Waals surface area (Å²) < 4.78 is 5.01. The molecular weight excluding hydrogens is 246 g/mol. The van der Waals surface area contributed by atoms with Gasteiger partial charge in [-0.05, 0) is 24.6 Å². The van der Waals surface area contributed by atoms with Gasteiger partial charge < -0.3 is 9.84 Å². The minimum absolute atomic E-state index is 0.0982. The lowest BCUT2D eigenvalue weighted by molar-refractivity contribution is 0.193. The van der Waals surface area contributed by atoms with E-state index in [1.165, 1.54) is 11.3 Å². The summed E-state index contributed by atoms with van der Waals surface area (Å²) in [6.07, 6.45) is -0.965. The third-order valence-corrected chi connectivity index (χ3v) is 3.69. The van der Waals surface area contributed by atoms with Gasteiger partial charge in [0.15, 0.2) is 6.10 Å². The summed E-state index contributed by atoms with van der Waals surface area (Å²) in [7, 11) is 0. The second-order valence-electron chi connectivity index (χ2n) is 3.77. The van der Waals surface area contributed by atoms with Gasteiger partial charge in [0.25, 0.3) is 0 Å². The Hall–Kier alpha value is -1.65. The van der Waals surface area contributed by atoms with Gasteiger partial charge in [-0.1, -0.05) is 30.3 Å². The van der Waals surface area contributed by atoms with E-state index in [4.69, 9.17) is 10.1 Å². The Morgan fingerprint density at radius 1 is 1.28 bits per heavy atom. The SMILES string of the molecule is CCOC(=N)C(O)c1ccc(-c2ccccc2)s1. The normalized spacial score (nSPS) is 12.1. The van der Waals surface area contributed by atoms with Crippen molar-refractivity contribution in [2.75, 3.05) is 6.61 Å². The van der Waals surface area contributed by atoms with Crippen LogP contribution >= 0.6 is 11.3 Å². The van der Waals surface area contributed by atoms with Crippen LogP contribution in [0.4, 0.5) is 0 Å². The maximum absolute atomic E-state index is 9.94. The number of hydrogen-bond donors (Lipinski definition) is 2. The quantitative estimate of drug-likeness (QED) is 0.654. The number of ether oxygens (including phenoxy) is 1. The van der Waals surface area contributed by atoms with Crippen molar-refractivity contribution >= 4 is 17.2 Å². The molecule has 0 saturated heterocycles. The van der Waals surface area contributed by atoms with E-state index in [-0.39, 0.29) is 5.90 Å². The number of rotatable bonds is 4. The van der Waals surface area contributed by atoms with E-state index in [0.29, 0.717) is 6.61 Å². The monoisotopic (exact) mass is 261 g/mol. The molecule has 0 radical (unpaired) electrons. The molecule has 0 fully saturated rings. The van der Waals surface area contributed by atoms with Crippen LogP contribution in [0.2, 0.25) is 0 Å². The van der Waals surface area contributed by atoms with E-state index in [0.717, 1.165) is 15.3 Å². The molecule has 0 saturated carbocycles. The molecule has 18 heavy (non-hydrogen) atoms. The van der Waals surface area contributed by atoms with Crippen LogP contribution in [0.5, 0.6) is 0 Å². The van der Waals surface area contributed by atoms with Gasteiger partial charge in [0.1, 0.15) is 0 Å². The fourth-order valence-corrected chi connectivity index (χ4v) is 2.62. The summed E-state index contributed by atoms with van der Waals surface area (Å²) in [5.74, 6) is -0.0982. The molecule has 94 valence electrons. The molecule has 2 N–H and O–H groups in total. The standard InChI is InChI=1S/C14H15NO2S/c1-2-17-14(15)13(16)12-9-8-11(18-12)10-6-4-3-5-7-10/h3-9,13,15-16H,2H2,1H3. The summed E-state index contributed by atoms with van der Waals surface area (Å²) >= 11 is 1.48. The predicted molar refractivity (Wildman–Crippen MR) is 74.1 cm³/mol. The number of aliphatic hydroxyl groups excluding tert-OH is 1. The Kier molecular flexibility index (Phi) is 4.12. The molecule has 0 aliphatic heterocycles. The van der Waals surface area contributed by atoms with E-state index in [1.54, 1.807) is 6.92 Å². The highest BCUT2D eigenvalue weighted by molar-refractivity contribution is 7.15. The first-order valence-electron chi connectivity index (χ1n) is 5.77. The van der Waals surface area contributed by atoms with Crippen LogP contribution in [0, 0.1) is 5.41 Å². The Morgan fingerprint density at radius 2 is 2.00 bits per heavy atom. The molecule has 2 rings (SSSR count). The van der Waals surface area contributed by atoms with Crippen molar-refractivity contribution in [1.29, 1.82) is 5.41 Å². The second kappa shape index (κ2) is 5.80. The number of nitrogens with one attached hydrogen (secondary N) is 1. The Morgan fingerprint density at radius 3 is 2.67 bits per heavy atom. The Balaban J connectivity index is 2.18. The van der Waals surface area contributed by atoms with Gasteiger partial charge in [-0.25, -0.2) is 0 Å². The zero-order valence-electron chi connectivity index (χ0n) is 10.1. The molecule has 4 heteroatoms. The van der Waals surface area contributed by atoms with Crippen LogP contribution in [0.25, 0.3) is 10.4 Å². The molecule has 1 aromatic carbocycles. The number of benzene rings is 1. The van der Waals surface area contributed by atoms with Crippen LogP contribution in [0.1, 0.15) is 17.9 Å². The smallest absolute Gasteiger partial charge is 0.215 e. The van der Waals surface area contributed by atoms with E-state index < -0.39 is 6.10 Å². The highest BCUT2D eigenvalue weighted by Crippen LogP contribution is 2.31. The van der Waals surface area contributed by atoms with Gasteiger partial charge in [0.05, 0.1) is 6.61 Å². The van der Waals surface area contributed by atoms with Gasteiger partial charge in [-0.15, -0.1) is 11.3 Å². The Labute approximate surface area is 110 Å². The van der Waals surface area contributed by atoms with Crippen molar-refractivity contribution in [3.8, 4) is 10.4 Å². The highest BCUT2D eigenvalue weighted by atomic mass is 32.1. The van der Waals surface area contributed by atoms with Crippen LogP contribution in [0.15, 0.2) is 42.5 Å². The fraction of sp³-hybridized carbons (Fsp3) is 0.214. The van der Waals surface area contributed by atoms with Crippen LogP contribution in [-0.2, 0) is 4.74 Å². The van der Waals surface area contributed by atoms with Crippen molar-refractivity contribution in [2.45, 2.75) is 13.0 Å². The first kappa shape index (κ1) is 12.8. The van der Waals surface area contributed by atoms with Gasteiger partial charge in [-0.2, -0.15) is 0 Å². The van der Waals surface area contributed by atoms with E-state index in [1.807, 2.05) is 42.5 Å². The molecule has 1 heterocycles. The average molecular weight is 261 g/mol. The van der Waals surface area contributed by atoms with Crippen LogP contribution < -0.4 is 0 Å². The average Bonchev–Trinajstić information content (AvgIpc) is 2.89. The zero-order chi connectivity index (χ0) is 13.0. The fourth-order valence-electron chi connectivity index (χ4n) is 1.62. The molecule has 1 atom stereocenters. The number of hydrogen-bond acceptors (Lipinski definition) is 4. The summed E-state index contributed by atoms with van der Waals surface area (Å²) in [4.78, 5) is 1.81. The summed E-state index contributed by atoms with van der Waals surface area (Å²) in [6.45, 7) is 2.19. The molecule has 2 aromatic rings. The topological polar surface area (TPSA) is 53.3 Å². The van der Waals surface area contributed by atoms with Crippen LogP contribution in [0.3, 0.4) is 0 Å². The van der Waals surface area contributed by atoms with Crippen molar-refractivity contribution in [3.05, 3.63) is 47.3 Å². The molecule has 3 nitrogen and oxygen atoms in total. The predicted octanol–water partition coefficient (Wildman–Crippen LogP) is 3.46. The minimum Gasteiger partial charge on any atom is -0.479 e. The maximum Gasteiger partial charge on any atom is 0.215 e. The van der Waals surface area contributed by atoms with E-state index in [9.17, 15) is 5.11 Å². The van der Waals surface area contributed by atoms with Gasteiger partial charge in [0.2, 0.25) is 5.90 Å². The minimum atomic E-state index is -0.965. The first-order valence-corrected chi connectivity index (χ1v) is 6.58. The van der Waals surface area contributed by atoms with Crippen molar-refractivity contribution < 1.29 is 9.84 Å².